The van der Waals surface area contributed by atoms with Crippen molar-refractivity contribution in [3.8, 4) is 22.5 Å². The number of hydrogen-bond acceptors (Lipinski definition) is 7. The molecule has 3 heterocycles. The molecule has 39 heavy (non-hydrogen) atoms. The molecular weight excluding hydrogens is 518 g/mol. The van der Waals surface area contributed by atoms with Crippen molar-refractivity contribution in [2.75, 3.05) is 31.6 Å². The predicted molar refractivity (Wildman–Crippen MR) is 149 cm³/mol. The van der Waals surface area contributed by atoms with E-state index in [-0.39, 0.29) is 18.2 Å². The van der Waals surface area contributed by atoms with Gasteiger partial charge in [-0.05, 0) is 23.8 Å². The molecule has 0 saturated carbocycles. The molecule has 0 unspecified atom stereocenters. The lowest BCUT2D eigenvalue weighted by Crippen LogP contribution is -2.49. The summed E-state index contributed by atoms with van der Waals surface area (Å²) in [6.45, 7) is 3.72. The number of hydrogen-bond donors (Lipinski definition) is 4. The van der Waals surface area contributed by atoms with Crippen molar-refractivity contribution in [2.24, 2.45) is 0 Å². The largest absolute Gasteiger partial charge is 0.379 e. The predicted octanol–water partition coefficient (Wildman–Crippen LogP) is 3.76. The number of aromatic nitrogens is 3. The van der Waals surface area contributed by atoms with Gasteiger partial charge < -0.3 is 15.4 Å². The fourth-order valence-corrected chi connectivity index (χ4v) is 4.79. The van der Waals surface area contributed by atoms with Gasteiger partial charge in [0.05, 0.1) is 41.4 Å². The summed E-state index contributed by atoms with van der Waals surface area (Å²) in [4.78, 5) is 30.6. The van der Waals surface area contributed by atoms with E-state index in [1.165, 1.54) is 0 Å². The summed E-state index contributed by atoms with van der Waals surface area (Å²) in [5.74, 6) is -0.165. The second-order valence-corrected chi connectivity index (χ2v) is 9.17. The van der Waals surface area contributed by atoms with Crippen molar-refractivity contribution in [1.82, 2.24) is 30.9 Å². The first-order valence-corrected chi connectivity index (χ1v) is 12.5. The molecule has 1 saturated heterocycles. The average molecular weight is 546 g/mol. The van der Waals surface area contributed by atoms with E-state index in [1.54, 1.807) is 17.3 Å². The van der Waals surface area contributed by atoms with Gasteiger partial charge in [-0.25, -0.2) is 9.80 Å². The number of amides is 2. The topological polar surface area (TPSA) is 124 Å². The van der Waals surface area contributed by atoms with Crippen molar-refractivity contribution in [3.05, 3.63) is 89.2 Å². The molecule has 0 radical (unpaired) electrons. The third-order valence-corrected chi connectivity index (χ3v) is 6.66. The molecule has 4 N–H and O–H groups in total. The summed E-state index contributed by atoms with van der Waals surface area (Å²) in [6.07, 6.45) is 1.78. The molecule has 2 aromatic carbocycles. The van der Waals surface area contributed by atoms with E-state index in [0.717, 1.165) is 22.4 Å². The number of carbonyl (C=O) groups is 2. The number of ketones is 1. The van der Waals surface area contributed by atoms with Gasteiger partial charge in [0, 0.05) is 43.5 Å². The Bertz CT molecular complexity index is 1470. The first kappa shape index (κ1) is 26.5. The summed E-state index contributed by atoms with van der Waals surface area (Å²) in [5.41, 5.74) is 9.19. The highest BCUT2D eigenvalue weighted by atomic mass is 35.5. The van der Waals surface area contributed by atoms with Gasteiger partial charge in [-0.2, -0.15) is 5.10 Å². The van der Waals surface area contributed by atoms with Crippen LogP contribution in [0.4, 0.5) is 10.5 Å². The van der Waals surface area contributed by atoms with E-state index >= 15 is 0 Å². The Labute approximate surface area is 231 Å². The zero-order valence-electron chi connectivity index (χ0n) is 21.1. The van der Waals surface area contributed by atoms with E-state index in [0.29, 0.717) is 67.6 Å². The van der Waals surface area contributed by atoms with E-state index in [1.807, 2.05) is 54.6 Å². The smallest absolute Gasteiger partial charge is 0.333 e. The molecule has 0 bridgehead atoms. The van der Waals surface area contributed by atoms with Crippen LogP contribution in [0, 0.1) is 0 Å². The first-order chi connectivity index (χ1) is 18.7. The van der Waals surface area contributed by atoms with Crippen molar-refractivity contribution in [1.29, 1.82) is 0 Å². The van der Waals surface area contributed by atoms with Crippen LogP contribution in [-0.2, 0) is 17.8 Å². The molecule has 2 aliphatic rings. The number of H-pyrrole nitrogens is 1. The number of aromatic amines is 1. The number of nitrogens with zero attached hydrogens (tertiary/aromatic N) is 3. The third-order valence-electron chi connectivity index (χ3n) is 6.66. The summed E-state index contributed by atoms with van der Waals surface area (Å²) in [5, 5.41) is 15.5. The Balaban J connectivity index is 0.00000308. The quantitative estimate of drug-likeness (QED) is 0.245. The minimum atomic E-state index is -0.394. The second-order valence-electron chi connectivity index (χ2n) is 9.17. The van der Waals surface area contributed by atoms with Gasteiger partial charge in [0.1, 0.15) is 5.69 Å². The number of fused-ring (bicyclic) bond motifs is 3. The van der Waals surface area contributed by atoms with Crippen LogP contribution in [0.15, 0.2) is 66.9 Å². The maximum atomic E-state index is 13.6. The number of anilines is 1. The molecule has 2 amide bonds. The molecule has 4 aromatic rings. The van der Waals surface area contributed by atoms with Gasteiger partial charge in [0.25, 0.3) is 0 Å². The molecular formula is C28H28ClN7O3. The number of nitrogens with one attached hydrogen (secondary N) is 4. The Morgan fingerprint density at radius 1 is 0.974 bits per heavy atom. The number of urea groups is 1. The lowest BCUT2D eigenvalue weighted by atomic mass is 10.0. The number of rotatable bonds is 7. The van der Waals surface area contributed by atoms with Crippen LogP contribution >= 0.6 is 12.4 Å². The van der Waals surface area contributed by atoms with Crippen LogP contribution in [0.25, 0.3) is 22.5 Å². The molecule has 2 aromatic heterocycles. The van der Waals surface area contributed by atoms with Gasteiger partial charge >= 0.3 is 6.03 Å². The number of carbonyl (C=O) groups excluding carboxylic acids is 2. The fourth-order valence-electron chi connectivity index (χ4n) is 4.79. The van der Waals surface area contributed by atoms with Crippen molar-refractivity contribution >= 4 is 29.9 Å². The Morgan fingerprint density at radius 2 is 1.79 bits per heavy atom. The third kappa shape index (κ3) is 5.55. The van der Waals surface area contributed by atoms with Gasteiger partial charge in [0.15, 0.2) is 5.78 Å². The maximum absolute atomic E-state index is 13.6. The summed E-state index contributed by atoms with van der Waals surface area (Å²) >= 11 is 0. The molecule has 0 atom stereocenters. The van der Waals surface area contributed by atoms with Crippen LogP contribution in [-0.4, -0.2) is 58.3 Å². The van der Waals surface area contributed by atoms with Crippen LogP contribution in [0.3, 0.4) is 0 Å². The summed E-state index contributed by atoms with van der Waals surface area (Å²) in [7, 11) is 0. The minimum Gasteiger partial charge on any atom is -0.379 e. The lowest BCUT2D eigenvalue weighted by Gasteiger charge is -2.27. The molecule has 0 spiro atoms. The summed E-state index contributed by atoms with van der Waals surface area (Å²) < 4.78 is 5.32. The normalized spacial score (nSPS) is 14.3. The first-order valence-electron chi connectivity index (χ1n) is 12.5. The number of halogens is 1. The average Bonchev–Trinajstić information content (AvgIpc) is 3.50. The second kappa shape index (κ2) is 11.7. The monoisotopic (exact) mass is 545 g/mol. The zero-order valence-corrected chi connectivity index (χ0v) is 21.9. The van der Waals surface area contributed by atoms with Crippen LogP contribution in [0.1, 0.15) is 27.2 Å². The fraction of sp³-hybridized carbons (Fsp3) is 0.214. The van der Waals surface area contributed by atoms with Crippen molar-refractivity contribution in [3.63, 3.8) is 0 Å². The maximum Gasteiger partial charge on any atom is 0.333 e. The number of ether oxygens (including phenoxy) is 1. The van der Waals surface area contributed by atoms with Gasteiger partial charge in [-0.3, -0.25) is 20.3 Å². The lowest BCUT2D eigenvalue weighted by molar-refractivity contribution is 0.0207. The van der Waals surface area contributed by atoms with E-state index in [9.17, 15) is 9.59 Å². The van der Waals surface area contributed by atoms with Crippen molar-refractivity contribution < 1.29 is 14.3 Å². The molecule has 200 valence electrons. The molecule has 6 rings (SSSR count). The molecule has 11 heteroatoms. The van der Waals surface area contributed by atoms with Gasteiger partial charge in [0.2, 0.25) is 0 Å². The molecule has 1 aliphatic heterocycles. The van der Waals surface area contributed by atoms with E-state index in [2.05, 4.69) is 31.2 Å². The van der Waals surface area contributed by atoms with Gasteiger partial charge in [-0.1, -0.05) is 42.5 Å². The minimum absolute atomic E-state index is 0. The highest BCUT2D eigenvalue weighted by molar-refractivity contribution is 6.26. The zero-order chi connectivity index (χ0) is 25.9. The number of pyridine rings is 1. The summed E-state index contributed by atoms with van der Waals surface area (Å²) in [6, 6.07) is 18.9. The van der Waals surface area contributed by atoms with Crippen LogP contribution in [0.2, 0.25) is 0 Å². The van der Waals surface area contributed by atoms with Crippen LogP contribution < -0.4 is 16.1 Å². The van der Waals surface area contributed by atoms with Crippen molar-refractivity contribution in [2.45, 2.75) is 13.1 Å². The molecule has 1 fully saturated rings. The van der Waals surface area contributed by atoms with Crippen LogP contribution in [0.5, 0.6) is 0 Å². The van der Waals surface area contributed by atoms with Gasteiger partial charge in [-0.15, -0.1) is 12.4 Å². The Hall–Kier alpha value is -4.09. The Morgan fingerprint density at radius 3 is 2.56 bits per heavy atom. The Kier molecular flexibility index (Phi) is 7.99. The number of hydrazine groups is 1. The highest BCUT2D eigenvalue weighted by Gasteiger charge is 2.35. The SMILES string of the molecule is Cl.O=C(Nc1cccc2c1C(=O)c1c(-c3ccc(CNCc4ccccn4)cc3)n[nH]c1-2)NN1CCOCC1. The molecule has 1 aliphatic carbocycles. The van der Waals surface area contributed by atoms with E-state index in [4.69, 9.17) is 4.74 Å². The number of morpholine rings is 1. The molecule has 10 nitrogen and oxygen atoms in total. The standard InChI is InChI=1S/C28H27N7O3.ClH/c36-27-23-21(5-3-6-22(23)31-28(37)34-35-12-14-38-15-13-35)26-24(27)25(32-33-26)19-9-7-18(8-10-19)16-29-17-20-4-1-2-11-30-20;/h1-11,29H,12-17H2,(H,32,33)(H2,31,34,37);1H. The van der Waals surface area contributed by atoms with E-state index < -0.39 is 6.03 Å². The highest BCUT2D eigenvalue weighted by Crippen LogP contribution is 2.42. The number of benzene rings is 2.